The molecule has 0 amide bonds. The van der Waals surface area contributed by atoms with Crippen molar-refractivity contribution in [3.63, 3.8) is 0 Å². The number of benzene rings is 2. The second-order valence-electron chi connectivity index (χ2n) is 6.32. The van der Waals surface area contributed by atoms with E-state index in [1.165, 1.54) is 11.9 Å². The zero-order valence-corrected chi connectivity index (χ0v) is 15.8. The molecule has 0 atom stereocenters. The average Bonchev–Trinajstić information content (AvgIpc) is 2.63. The van der Waals surface area contributed by atoms with Crippen molar-refractivity contribution < 1.29 is 4.57 Å². The Morgan fingerprint density at radius 3 is 2.31 bits per heavy atom. The quantitative estimate of drug-likeness (QED) is 0.622. The van der Waals surface area contributed by atoms with E-state index in [0.29, 0.717) is 11.9 Å². The lowest BCUT2D eigenvalue weighted by molar-refractivity contribution is 0.588. The number of nitrogens with zero attached hydrogens (tertiary/aromatic N) is 3. The molecule has 1 heterocycles. The molecule has 3 aromatic rings. The molecular weight excluding hydrogens is 345 g/mol. The highest BCUT2D eigenvalue weighted by molar-refractivity contribution is 7.70. The third-order valence-electron chi connectivity index (χ3n) is 3.86. The van der Waals surface area contributed by atoms with Gasteiger partial charge in [0.2, 0.25) is 11.9 Å². The van der Waals surface area contributed by atoms with Gasteiger partial charge in [0.1, 0.15) is 13.5 Å². The van der Waals surface area contributed by atoms with E-state index in [1.807, 2.05) is 42.5 Å². The van der Waals surface area contributed by atoms with E-state index in [0.717, 1.165) is 24.0 Å². The maximum Gasteiger partial charge on any atom is 0.231 e. The standard InChI is InChI=1S/C19H22N5OP/c1-26(2,25)17-10-8-16(9-11-17)23-19-22-14-21-18(24-19)20-13-12-15-6-4-3-5-7-15/h3-11,14H,12-13H2,1-2H3,(H2,20,21,22,23,24). The highest BCUT2D eigenvalue weighted by Crippen LogP contribution is 2.34. The Morgan fingerprint density at radius 2 is 1.62 bits per heavy atom. The van der Waals surface area contributed by atoms with Crippen molar-refractivity contribution in [2.45, 2.75) is 6.42 Å². The first kappa shape index (κ1) is 18.1. The van der Waals surface area contributed by atoms with Crippen LogP contribution in [0.3, 0.4) is 0 Å². The molecule has 1 aromatic heterocycles. The zero-order chi connectivity index (χ0) is 18.4. The number of rotatable bonds is 7. The Bertz CT molecular complexity index is 893. The molecule has 0 saturated carbocycles. The van der Waals surface area contributed by atoms with Crippen molar-refractivity contribution in [2.75, 3.05) is 30.5 Å². The molecule has 0 aliphatic carbocycles. The molecule has 0 radical (unpaired) electrons. The molecule has 2 N–H and O–H groups in total. The Labute approximate surface area is 153 Å². The SMILES string of the molecule is CP(C)(=O)c1ccc(Nc2ncnc(NCCc3ccccc3)n2)cc1. The van der Waals surface area contributed by atoms with E-state index in [4.69, 9.17) is 0 Å². The van der Waals surface area contributed by atoms with Gasteiger partial charge in [0, 0.05) is 17.5 Å². The predicted molar refractivity (Wildman–Crippen MR) is 107 cm³/mol. The average molecular weight is 367 g/mol. The summed E-state index contributed by atoms with van der Waals surface area (Å²) in [6.45, 7) is 4.26. The minimum absolute atomic E-state index is 0.464. The van der Waals surface area contributed by atoms with Gasteiger partial charge in [0.05, 0.1) is 0 Å². The third-order valence-corrected chi connectivity index (χ3v) is 5.40. The van der Waals surface area contributed by atoms with Crippen LogP contribution in [0, 0.1) is 0 Å². The smallest absolute Gasteiger partial charge is 0.231 e. The molecule has 0 spiro atoms. The molecule has 0 aliphatic heterocycles. The first-order chi connectivity index (χ1) is 12.5. The van der Waals surface area contributed by atoms with Crippen LogP contribution < -0.4 is 15.9 Å². The topological polar surface area (TPSA) is 79.8 Å². The molecule has 2 aromatic carbocycles. The summed E-state index contributed by atoms with van der Waals surface area (Å²) in [5.74, 6) is 0.993. The van der Waals surface area contributed by atoms with Crippen LogP contribution in [0.15, 0.2) is 60.9 Å². The van der Waals surface area contributed by atoms with Gasteiger partial charge >= 0.3 is 0 Å². The van der Waals surface area contributed by atoms with E-state index in [-0.39, 0.29) is 0 Å². The lowest BCUT2D eigenvalue weighted by Crippen LogP contribution is -2.09. The van der Waals surface area contributed by atoms with Crippen molar-refractivity contribution >= 4 is 30.0 Å². The Kier molecular flexibility index (Phi) is 5.64. The maximum atomic E-state index is 12.1. The Hall–Kier alpha value is -2.72. The summed E-state index contributed by atoms with van der Waals surface area (Å²) in [6.07, 6.45) is 2.37. The predicted octanol–water partition coefficient (Wildman–Crippen LogP) is 3.52. The van der Waals surface area contributed by atoms with E-state index < -0.39 is 7.14 Å². The summed E-state index contributed by atoms with van der Waals surface area (Å²) >= 11 is 0. The van der Waals surface area contributed by atoms with Gasteiger partial charge in [-0.15, -0.1) is 0 Å². The molecule has 0 aliphatic rings. The minimum Gasteiger partial charge on any atom is -0.354 e. The van der Waals surface area contributed by atoms with Crippen LogP contribution in [0.4, 0.5) is 17.6 Å². The lowest BCUT2D eigenvalue weighted by Gasteiger charge is -2.10. The molecule has 0 fully saturated rings. The monoisotopic (exact) mass is 367 g/mol. The normalized spacial score (nSPS) is 11.2. The summed E-state index contributed by atoms with van der Waals surface area (Å²) in [5.41, 5.74) is 2.10. The molecule has 7 heteroatoms. The van der Waals surface area contributed by atoms with Crippen LogP contribution in [-0.2, 0) is 11.0 Å². The van der Waals surface area contributed by atoms with Gasteiger partial charge in [0.25, 0.3) is 0 Å². The molecule has 3 rings (SSSR count). The van der Waals surface area contributed by atoms with Gasteiger partial charge in [0.15, 0.2) is 0 Å². The van der Waals surface area contributed by atoms with Crippen LogP contribution in [0.2, 0.25) is 0 Å². The van der Waals surface area contributed by atoms with E-state index in [1.54, 1.807) is 13.3 Å². The number of aromatic nitrogens is 3. The van der Waals surface area contributed by atoms with Crippen LogP contribution in [0.5, 0.6) is 0 Å². The molecular formula is C19H22N5OP. The van der Waals surface area contributed by atoms with E-state index >= 15 is 0 Å². The Morgan fingerprint density at radius 1 is 0.923 bits per heavy atom. The summed E-state index contributed by atoms with van der Waals surface area (Å²) in [6, 6.07) is 17.7. The largest absolute Gasteiger partial charge is 0.354 e. The van der Waals surface area contributed by atoms with Gasteiger partial charge in [-0.2, -0.15) is 4.98 Å². The molecule has 6 nitrogen and oxygen atoms in total. The highest BCUT2D eigenvalue weighted by Gasteiger charge is 2.10. The fourth-order valence-corrected chi connectivity index (χ4v) is 3.30. The van der Waals surface area contributed by atoms with Gasteiger partial charge in [-0.25, -0.2) is 9.97 Å². The molecule has 0 saturated heterocycles. The minimum atomic E-state index is -2.25. The van der Waals surface area contributed by atoms with Gasteiger partial charge in [-0.05, 0) is 49.6 Å². The molecule has 0 bridgehead atoms. The van der Waals surface area contributed by atoms with Gasteiger partial charge in [-0.3, -0.25) is 0 Å². The van der Waals surface area contributed by atoms with Gasteiger partial charge < -0.3 is 15.2 Å². The molecule has 134 valence electrons. The van der Waals surface area contributed by atoms with E-state index in [2.05, 4.69) is 37.7 Å². The second kappa shape index (κ2) is 8.11. The first-order valence-corrected chi connectivity index (χ1v) is 11.0. The summed E-state index contributed by atoms with van der Waals surface area (Å²) < 4.78 is 12.1. The lowest BCUT2D eigenvalue weighted by atomic mass is 10.1. The summed E-state index contributed by atoms with van der Waals surface area (Å²) in [4.78, 5) is 12.7. The van der Waals surface area contributed by atoms with Crippen molar-refractivity contribution in [3.05, 3.63) is 66.5 Å². The number of anilines is 3. The van der Waals surface area contributed by atoms with Crippen LogP contribution in [0.1, 0.15) is 5.56 Å². The summed E-state index contributed by atoms with van der Waals surface area (Å²) in [7, 11) is -2.25. The van der Waals surface area contributed by atoms with E-state index in [9.17, 15) is 4.57 Å². The Balaban J connectivity index is 1.59. The van der Waals surface area contributed by atoms with Crippen molar-refractivity contribution in [1.29, 1.82) is 0 Å². The van der Waals surface area contributed by atoms with Crippen LogP contribution in [-0.4, -0.2) is 34.8 Å². The number of nitrogens with one attached hydrogen (secondary N) is 2. The van der Waals surface area contributed by atoms with Gasteiger partial charge in [-0.1, -0.05) is 30.3 Å². The third kappa shape index (κ3) is 5.14. The highest BCUT2D eigenvalue weighted by atomic mass is 31.2. The molecule has 26 heavy (non-hydrogen) atoms. The van der Waals surface area contributed by atoms with Crippen molar-refractivity contribution in [2.24, 2.45) is 0 Å². The number of hydrogen-bond donors (Lipinski definition) is 2. The first-order valence-electron chi connectivity index (χ1n) is 8.40. The molecule has 0 unspecified atom stereocenters. The fraction of sp³-hybridized carbons (Fsp3) is 0.211. The summed E-state index contributed by atoms with van der Waals surface area (Å²) in [5, 5.41) is 7.20. The van der Waals surface area contributed by atoms with Crippen molar-refractivity contribution in [1.82, 2.24) is 15.0 Å². The van der Waals surface area contributed by atoms with Crippen molar-refractivity contribution in [3.8, 4) is 0 Å². The zero-order valence-electron chi connectivity index (χ0n) is 14.9. The van der Waals surface area contributed by atoms with Crippen LogP contribution in [0.25, 0.3) is 0 Å². The van der Waals surface area contributed by atoms with Crippen LogP contribution >= 0.6 is 7.14 Å². The second-order valence-corrected chi connectivity index (χ2v) is 9.54. The maximum absolute atomic E-state index is 12.1. The number of hydrogen-bond acceptors (Lipinski definition) is 6. The fourth-order valence-electron chi connectivity index (χ4n) is 2.44.